The fourth-order valence-corrected chi connectivity index (χ4v) is 2.64. The lowest BCUT2D eigenvalue weighted by Crippen LogP contribution is -2.14. The van der Waals surface area contributed by atoms with E-state index in [1.165, 1.54) is 24.3 Å². The topological polar surface area (TPSA) is 38.3 Å². The summed E-state index contributed by atoms with van der Waals surface area (Å²) in [7, 11) is 0. The molecule has 2 rings (SSSR count). The molecule has 0 aromatic heterocycles. The lowest BCUT2D eigenvalue weighted by Gasteiger charge is -2.09. The van der Waals surface area contributed by atoms with Crippen LogP contribution in [-0.2, 0) is 4.79 Å². The largest absolute Gasteiger partial charge is 0.433 e. The second-order valence-corrected chi connectivity index (χ2v) is 5.72. The number of halogens is 4. The Morgan fingerprint density at radius 2 is 2.00 bits per heavy atom. The zero-order chi connectivity index (χ0) is 16.8. The third-order valence-corrected chi connectivity index (χ3v) is 3.97. The first-order chi connectivity index (χ1) is 11.0. The van der Waals surface area contributed by atoms with E-state index in [1.807, 2.05) is 0 Å². The number of rotatable bonds is 6. The van der Waals surface area contributed by atoms with Crippen molar-refractivity contribution < 1.29 is 22.7 Å². The van der Waals surface area contributed by atoms with Crippen LogP contribution in [0.25, 0.3) is 0 Å². The van der Waals surface area contributed by atoms with Gasteiger partial charge in [0.25, 0.3) is 0 Å². The van der Waals surface area contributed by atoms with Crippen LogP contribution in [0.5, 0.6) is 5.75 Å². The molecule has 0 saturated carbocycles. The van der Waals surface area contributed by atoms with Gasteiger partial charge in [-0.15, -0.1) is 11.8 Å². The van der Waals surface area contributed by atoms with Crippen molar-refractivity contribution in [1.29, 1.82) is 0 Å². The minimum Gasteiger partial charge on any atom is -0.433 e. The Hall–Kier alpha value is -1.86. The first kappa shape index (κ1) is 17.5. The van der Waals surface area contributed by atoms with Crippen molar-refractivity contribution in [3.63, 3.8) is 0 Å². The molecule has 0 saturated heterocycles. The van der Waals surface area contributed by atoms with Crippen molar-refractivity contribution in [2.24, 2.45) is 0 Å². The van der Waals surface area contributed by atoms with Crippen molar-refractivity contribution >= 4 is 35.0 Å². The summed E-state index contributed by atoms with van der Waals surface area (Å²) in [5.74, 6) is -0.965. The maximum Gasteiger partial charge on any atom is 0.387 e. The van der Waals surface area contributed by atoms with Crippen LogP contribution < -0.4 is 10.1 Å². The molecule has 0 radical (unpaired) electrons. The van der Waals surface area contributed by atoms with Crippen molar-refractivity contribution in [2.75, 3.05) is 11.1 Å². The zero-order valence-electron chi connectivity index (χ0n) is 11.6. The Morgan fingerprint density at radius 3 is 2.65 bits per heavy atom. The number of ether oxygens (including phenoxy) is 1. The van der Waals surface area contributed by atoms with E-state index >= 15 is 0 Å². The van der Waals surface area contributed by atoms with E-state index in [4.69, 9.17) is 11.6 Å². The lowest BCUT2D eigenvalue weighted by molar-refractivity contribution is -0.113. The van der Waals surface area contributed by atoms with Crippen LogP contribution >= 0.6 is 23.4 Å². The molecule has 0 spiro atoms. The molecule has 0 atom stereocenters. The number of anilines is 1. The van der Waals surface area contributed by atoms with Crippen molar-refractivity contribution in [3.05, 3.63) is 53.3 Å². The Kier molecular flexibility index (Phi) is 6.18. The van der Waals surface area contributed by atoms with Gasteiger partial charge in [0.1, 0.15) is 11.6 Å². The Bertz CT molecular complexity index is 700. The van der Waals surface area contributed by atoms with E-state index in [1.54, 1.807) is 18.2 Å². The maximum atomic E-state index is 13.4. The van der Waals surface area contributed by atoms with Gasteiger partial charge in [-0.25, -0.2) is 4.39 Å². The average Bonchev–Trinajstić information content (AvgIpc) is 2.49. The summed E-state index contributed by atoms with van der Waals surface area (Å²) in [4.78, 5) is 12.2. The van der Waals surface area contributed by atoms with Crippen molar-refractivity contribution in [2.45, 2.75) is 11.5 Å². The molecule has 1 amide bonds. The van der Waals surface area contributed by atoms with E-state index < -0.39 is 12.4 Å². The predicted molar refractivity (Wildman–Crippen MR) is 83.8 cm³/mol. The summed E-state index contributed by atoms with van der Waals surface area (Å²) < 4.78 is 41.9. The summed E-state index contributed by atoms with van der Waals surface area (Å²) in [5.41, 5.74) is 0.329. The second-order valence-electron chi connectivity index (χ2n) is 4.29. The molecule has 3 nitrogen and oxygen atoms in total. The van der Waals surface area contributed by atoms with E-state index in [9.17, 15) is 18.0 Å². The highest BCUT2D eigenvalue weighted by Crippen LogP contribution is 2.29. The molecule has 2 aromatic rings. The summed E-state index contributed by atoms with van der Waals surface area (Å²) in [6.45, 7) is -2.98. The van der Waals surface area contributed by atoms with Crippen molar-refractivity contribution in [1.82, 2.24) is 0 Å². The van der Waals surface area contributed by atoms with Gasteiger partial charge in [0, 0.05) is 10.6 Å². The Labute approximate surface area is 139 Å². The van der Waals surface area contributed by atoms with E-state index in [0.29, 0.717) is 10.6 Å². The molecule has 122 valence electrons. The molecule has 23 heavy (non-hydrogen) atoms. The van der Waals surface area contributed by atoms with Gasteiger partial charge in [0.05, 0.1) is 10.8 Å². The van der Waals surface area contributed by atoms with Crippen LogP contribution in [0.2, 0.25) is 5.02 Å². The van der Waals surface area contributed by atoms with Crippen LogP contribution in [0.4, 0.5) is 18.9 Å². The number of hydrogen-bond donors (Lipinski definition) is 1. The van der Waals surface area contributed by atoms with Gasteiger partial charge in [0.15, 0.2) is 0 Å². The quantitative estimate of drug-likeness (QED) is 0.750. The van der Waals surface area contributed by atoms with Gasteiger partial charge in [-0.2, -0.15) is 8.78 Å². The molecule has 0 bridgehead atoms. The van der Waals surface area contributed by atoms with Gasteiger partial charge in [-0.3, -0.25) is 4.79 Å². The average molecular weight is 362 g/mol. The highest BCUT2D eigenvalue weighted by Gasteiger charge is 2.11. The number of carbonyl (C=O) groups is 1. The smallest absolute Gasteiger partial charge is 0.387 e. The van der Waals surface area contributed by atoms with Crippen LogP contribution in [0, 0.1) is 5.82 Å². The van der Waals surface area contributed by atoms with Crippen molar-refractivity contribution in [3.8, 4) is 5.75 Å². The number of hydrogen-bond acceptors (Lipinski definition) is 3. The molecule has 0 aliphatic carbocycles. The van der Waals surface area contributed by atoms with Crippen LogP contribution in [0.15, 0.2) is 47.4 Å². The van der Waals surface area contributed by atoms with Gasteiger partial charge in [-0.1, -0.05) is 23.7 Å². The highest BCUT2D eigenvalue weighted by atomic mass is 35.5. The minimum absolute atomic E-state index is 0.00611. The molecular weight excluding hydrogens is 351 g/mol. The lowest BCUT2D eigenvalue weighted by atomic mass is 10.3. The highest BCUT2D eigenvalue weighted by molar-refractivity contribution is 8.00. The predicted octanol–water partition coefficient (Wildman–Crippen LogP) is 4.81. The van der Waals surface area contributed by atoms with Gasteiger partial charge < -0.3 is 10.1 Å². The zero-order valence-corrected chi connectivity index (χ0v) is 13.1. The molecule has 0 heterocycles. The second kappa shape index (κ2) is 8.12. The number of benzene rings is 2. The van der Waals surface area contributed by atoms with E-state index in [0.717, 1.165) is 11.8 Å². The van der Waals surface area contributed by atoms with Gasteiger partial charge >= 0.3 is 6.61 Å². The third kappa shape index (κ3) is 5.37. The molecule has 8 heteroatoms. The molecule has 2 aromatic carbocycles. The molecule has 1 N–H and O–H groups in total. The fraction of sp³-hybridized carbons (Fsp3) is 0.133. The van der Waals surface area contributed by atoms with E-state index in [2.05, 4.69) is 10.1 Å². The molecule has 0 unspecified atom stereocenters. The monoisotopic (exact) mass is 361 g/mol. The summed E-state index contributed by atoms with van der Waals surface area (Å²) in [5, 5.41) is 2.49. The summed E-state index contributed by atoms with van der Waals surface area (Å²) >= 11 is 6.83. The standard InChI is InChI=1S/C15H11ClF3NO2S/c16-10-7-9(5-6-12(10)22-15(18)19)20-14(21)8-23-13-4-2-1-3-11(13)17/h1-7,15H,8H2,(H,20,21). The molecule has 0 aliphatic heterocycles. The SMILES string of the molecule is O=C(CSc1ccccc1F)Nc1ccc(OC(F)F)c(Cl)c1. The van der Waals surface area contributed by atoms with Gasteiger partial charge in [-0.05, 0) is 30.3 Å². The number of nitrogens with one attached hydrogen (secondary N) is 1. The Balaban J connectivity index is 1.93. The number of alkyl halides is 2. The molecule has 0 aliphatic rings. The number of thioether (sulfide) groups is 1. The van der Waals surface area contributed by atoms with Gasteiger partial charge in [0.2, 0.25) is 5.91 Å². The van der Waals surface area contributed by atoms with Crippen LogP contribution in [0.3, 0.4) is 0 Å². The van der Waals surface area contributed by atoms with Crippen LogP contribution in [-0.4, -0.2) is 18.3 Å². The normalized spacial score (nSPS) is 10.7. The molecular formula is C15H11ClF3NO2S. The minimum atomic E-state index is -2.98. The molecule has 0 fully saturated rings. The number of amides is 1. The number of carbonyl (C=O) groups excluding carboxylic acids is 1. The first-order valence-corrected chi connectivity index (χ1v) is 7.73. The summed E-state index contributed by atoms with van der Waals surface area (Å²) in [6, 6.07) is 10.0. The maximum absolute atomic E-state index is 13.4. The van der Waals surface area contributed by atoms with E-state index in [-0.39, 0.29) is 22.4 Å². The third-order valence-electron chi connectivity index (χ3n) is 2.63. The van der Waals surface area contributed by atoms with Crippen LogP contribution in [0.1, 0.15) is 0 Å². The Morgan fingerprint density at radius 1 is 1.26 bits per heavy atom. The first-order valence-electron chi connectivity index (χ1n) is 6.37. The fourth-order valence-electron chi connectivity index (χ4n) is 1.67. The summed E-state index contributed by atoms with van der Waals surface area (Å²) in [6.07, 6.45) is 0.